The number of para-hydroxylation sites is 1. The van der Waals surface area contributed by atoms with Crippen molar-refractivity contribution in [2.45, 2.75) is 57.2 Å². The molecule has 30 heavy (non-hydrogen) atoms. The maximum Gasteiger partial charge on any atom is 0.303 e. The number of carbonyl (C=O) groups is 2. The van der Waals surface area contributed by atoms with E-state index >= 15 is 0 Å². The van der Waals surface area contributed by atoms with E-state index in [2.05, 4.69) is 0 Å². The van der Waals surface area contributed by atoms with Gasteiger partial charge in [-0.15, -0.1) is 0 Å². The molecule has 0 amide bonds. The Kier molecular flexibility index (Phi) is 7.79. The Balaban J connectivity index is 1.55. The molecule has 1 unspecified atom stereocenters. The van der Waals surface area contributed by atoms with Gasteiger partial charge in [0.2, 0.25) is 6.29 Å². The van der Waals surface area contributed by atoms with Crippen LogP contribution in [0, 0.1) is 11.8 Å². The van der Waals surface area contributed by atoms with Gasteiger partial charge in [0.25, 0.3) is 0 Å². The summed E-state index contributed by atoms with van der Waals surface area (Å²) in [5.41, 5.74) is 0.911. The summed E-state index contributed by atoms with van der Waals surface area (Å²) in [6.07, 6.45) is 6.18. The van der Waals surface area contributed by atoms with Crippen molar-refractivity contribution in [1.82, 2.24) is 0 Å². The Hall–Kier alpha value is -2.48. The average Bonchev–Trinajstić information content (AvgIpc) is 3.00. The fraction of sp³-hybridized carbons (Fsp3) is 0.478. The number of allylic oxidation sites excluding steroid dienone is 3. The van der Waals surface area contributed by atoms with Gasteiger partial charge >= 0.3 is 5.97 Å². The van der Waals surface area contributed by atoms with Gasteiger partial charge in [0, 0.05) is 30.2 Å². The smallest absolute Gasteiger partial charge is 0.303 e. The lowest BCUT2D eigenvalue weighted by atomic mass is 9.90. The number of carboxylic acids is 1. The van der Waals surface area contributed by atoms with Gasteiger partial charge in [0.15, 0.2) is 0 Å². The highest BCUT2D eigenvalue weighted by molar-refractivity contribution is 5.86. The molecule has 162 valence electrons. The van der Waals surface area contributed by atoms with Crippen LogP contribution < -0.4 is 4.74 Å². The van der Waals surface area contributed by atoms with Gasteiger partial charge < -0.3 is 24.8 Å². The number of benzene rings is 1. The maximum absolute atomic E-state index is 12.3. The van der Waals surface area contributed by atoms with Crippen molar-refractivity contribution in [2.24, 2.45) is 11.8 Å². The highest BCUT2D eigenvalue weighted by atomic mass is 16.7. The zero-order chi connectivity index (χ0) is 21.5. The largest absolute Gasteiger partial charge is 0.481 e. The second-order valence-electron chi connectivity index (χ2n) is 7.70. The highest BCUT2D eigenvalue weighted by Gasteiger charge is 2.39. The van der Waals surface area contributed by atoms with Crippen molar-refractivity contribution in [1.29, 1.82) is 0 Å². The summed E-state index contributed by atoms with van der Waals surface area (Å²) in [4.78, 5) is 22.8. The Morgan fingerprint density at radius 2 is 2.07 bits per heavy atom. The van der Waals surface area contributed by atoms with Gasteiger partial charge in [-0.25, -0.2) is 0 Å². The molecule has 7 nitrogen and oxygen atoms in total. The Morgan fingerprint density at radius 1 is 1.27 bits per heavy atom. The number of fused-ring (bicyclic) bond motifs is 1. The fourth-order valence-corrected chi connectivity index (χ4v) is 3.83. The topological polar surface area (TPSA) is 113 Å². The van der Waals surface area contributed by atoms with Crippen LogP contribution in [0.5, 0.6) is 5.75 Å². The number of unbranched alkanes of at least 4 members (excludes halogenated alkanes) is 1. The van der Waals surface area contributed by atoms with Gasteiger partial charge in [0.1, 0.15) is 17.6 Å². The molecule has 0 aromatic heterocycles. The number of Topliss-reactive ketones (excluding diaryl/α,β-unsaturated/α-hetero) is 1. The van der Waals surface area contributed by atoms with E-state index in [-0.39, 0.29) is 24.5 Å². The van der Waals surface area contributed by atoms with Gasteiger partial charge in [-0.1, -0.05) is 42.5 Å². The third kappa shape index (κ3) is 5.78. The van der Waals surface area contributed by atoms with Gasteiger partial charge in [0.05, 0.1) is 12.7 Å². The zero-order valence-electron chi connectivity index (χ0n) is 16.7. The van der Waals surface area contributed by atoms with E-state index < -0.39 is 30.4 Å². The molecule has 7 heteroatoms. The van der Waals surface area contributed by atoms with Gasteiger partial charge in [-0.2, -0.15) is 0 Å². The van der Waals surface area contributed by atoms with E-state index in [4.69, 9.17) is 14.6 Å². The van der Waals surface area contributed by atoms with Gasteiger partial charge in [-0.3, -0.25) is 9.59 Å². The van der Waals surface area contributed by atoms with Crippen molar-refractivity contribution in [3.63, 3.8) is 0 Å². The molecule has 0 spiro atoms. The lowest BCUT2D eigenvalue weighted by Crippen LogP contribution is -2.36. The molecule has 5 atom stereocenters. The molecule has 0 saturated heterocycles. The van der Waals surface area contributed by atoms with Crippen LogP contribution in [-0.4, -0.2) is 45.6 Å². The second-order valence-corrected chi connectivity index (χ2v) is 7.70. The van der Waals surface area contributed by atoms with E-state index in [1.54, 1.807) is 6.08 Å². The summed E-state index contributed by atoms with van der Waals surface area (Å²) < 4.78 is 11.3. The Morgan fingerprint density at radius 3 is 2.87 bits per heavy atom. The molecule has 1 aliphatic carbocycles. The number of aliphatic carboxylic acids is 1. The van der Waals surface area contributed by atoms with Crippen LogP contribution in [0.25, 0.3) is 0 Å². The van der Waals surface area contributed by atoms with Crippen molar-refractivity contribution in [2.75, 3.05) is 0 Å². The van der Waals surface area contributed by atoms with E-state index in [9.17, 15) is 19.8 Å². The normalized spacial score (nSPS) is 27.3. The molecule has 1 saturated carbocycles. The highest BCUT2D eigenvalue weighted by Crippen LogP contribution is 2.34. The molecule has 1 fully saturated rings. The lowest BCUT2D eigenvalue weighted by Gasteiger charge is -2.28. The summed E-state index contributed by atoms with van der Waals surface area (Å²) in [5.74, 6) is -0.983. The van der Waals surface area contributed by atoms with Crippen molar-refractivity contribution < 1.29 is 34.4 Å². The molecule has 1 heterocycles. The number of ether oxygens (including phenoxy) is 2. The number of hydrogen-bond acceptors (Lipinski definition) is 6. The van der Waals surface area contributed by atoms with Gasteiger partial charge in [-0.05, 0) is 25.3 Å². The van der Waals surface area contributed by atoms with E-state index in [0.717, 1.165) is 5.56 Å². The Labute approximate surface area is 175 Å². The van der Waals surface area contributed by atoms with Crippen LogP contribution in [0.4, 0.5) is 0 Å². The predicted octanol–water partition coefficient (Wildman–Crippen LogP) is 2.61. The third-order valence-corrected chi connectivity index (χ3v) is 5.49. The summed E-state index contributed by atoms with van der Waals surface area (Å²) in [7, 11) is 0. The summed E-state index contributed by atoms with van der Waals surface area (Å²) in [6.45, 7) is 0.335. The quantitative estimate of drug-likeness (QED) is 0.419. The van der Waals surface area contributed by atoms with Crippen LogP contribution in [0.15, 0.2) is 48.6 Å². The molecular formula is C23H28O7. The van der Waals surface area contributed by atoms with Crippen LogP contribution in [0.2, 0.25) is 0 Å². The van der Waals surface area contributed by atoms with Crippen molar-refractivity contribution in [3.05, 3.63) is 54.1 Å². The number of aliphatic hydroxyl groups is 2. The fourth-order valence-electron chi connectivity index (χ4n) is 3.83. The minimum atomic E-state index is -1.05. The number of carbonyl (C=O) groups excluding carboxylic acids is 1. The molecule has 0 bridgehead atoms. The first-order valence-corrected chi connectivity index (χ1v) is 10.3. The van der Waals surface area contributed by atoms with Crippen LogP contribution >= 0.6 is 0 Å². The third-order valence-electron chi connectivity index (χ3n) is 5.49. The van der Waals surface area contributed by atoms with Crippen molar-refractivity contribution >= 4 is 11.8 Å². The average molecular weight is 416 g/mol. The standard InChI is InChI=1S/C23H28O7/c24-18(23-29-14-15-7-5-6-9-21(15)30-23)12-11-17-16(19(25)13-20(17)26)8-3-1-2-4-10-22(27)28/h1,3,5-7,9,11-12,16-19,23-25H,2,4,8,10,13-14H2,(H,27,28)/t16-,17-,18-,19+,23?/m1/s1. The number of rotatable bonds is 9. The lowest BCUT2D eigenvalue weighted by molar-refractivity contribution is -0.152. The molecule has 3 N–H and O–H groups in total. The number of aliphatic hydroxyl groups excluding tert-OH is 2. The first kappa shape index (κ1) is 22.2. The number of hydrogen-bond donors (Lipinski definition) is 3. The second kappa shape index (κ2) is 10.5. The molecule has 2 aliphatic rings. The van der Waals surface area contributed by atoms with E-state index in [0.29, 0.717) is 31.6 Å². The summed E-state index contributed by atoms with van der Waals surface area (Å²) in [6, 6.07) is 7.45. The van der Waals surface area contributed by atoms with E-state index in [1.807, 2.05) is 36.4 Å². The van der Waals surface area contributed by atoms with Crippen LogP contribution in [0.3, 0.4) is 0 Å². The molecule has 3 rings (SSSR count). The van der Waals surface area contributed by atoms with Crippen LogP contribution in [-0.2, 0) is 20.9 Å². The van der Waals surface area contributed by atoms with Crippen molar-refractivity contribution in [3.8, 4) is 5.75 Å². The minimum absolute atomic E-state index is 0.0638. The minimum Gasteiger partial charge on any atom is -0.481 e. The molecule has 1 aromatic rings. The first-order valence-electron chi connectivity index (χ1n) is 10.3. The predicted molar refractivity (Wildman–Crippen MR) is 109 cm³/mol. The number of ketones is 1. The summed E-state index contributed by atoms with van der Waals surface area (Å²) in [5, 5.41) is 29.3. The maximum atomic E-state index is 12.3. The van der Waals surface area contributed by atoms with Crippen LogP contribution in [0.1, 0.15) is 37.7 Å². The first-order chi connectivity index (χ1) is 14.5. The Bertz CT molecular complexity index is 800. The number of carboxylic acid groups (broad SMARTS) is 1. The zero-order valence-corrected chi connectivity index (χ0v) is 16.7. The molecule has 1 aliphatic heterocycles. The molecule has 0 radical (unpaired) electrons. The van der Waals surface area contributed by atoms with E-state index in [1.165, 1.54) is 6.08 Å². The molecular weight excluding hydrogens is 388 g/mol. The SMILES string of the molecule is O=C(O)CCCC=CC[C@H]1[C@@H](O)CC(=O)[C@@H]1C=C[C@@H](O)C1OCc2ccccc2O1. The molecule has 1 aromatic carbocycles. The monoisotopic (exact) mass is 416 g/mol. The summed E-state index contributed by atoms with van der Waals surface area (Å²) >= 11 is 0.